The van der Waals surface area contributed by atoms with Gasteiger partial charge in [-0.3, -0.25) is 0 Å². The van der Waals surface area contributed by atoms with Crippen molar-refractivity contribution in [2.24, 2.45) is 0 Å². The predicted molar refractivity (Wildman–Crippen MR) is 70.5 cm³/mol. The fourth-order valence-electron chi connectivity index (χ4n) is 2.56. The molecule has 2 aromatic rings. The van der Waals surface area contributed by atoms with Gasteiger partial charge in [-0.05, 0) is 53.9 Å². The first kappa shape index (κ1) is 10.6. The van der Waals surface area contributed by atoms with E-state index in [-0.39, 0.29) is 0 Å². The van der Waals surface area contributed by atoms with Crippen LogP contribution < -0.4 is 10.1 Å². The fraction of sp³-hybridized carbons (Fsp3) is 0.333. The van der Waals surface area contributed by atoms with Crippen LogP contribution in [0.15, 0.2) is 36.4 Å². The van der Waals surface area contributed by atoms with Gasteiger partial charge in [-0.1, -0.05) is 18.2 Å². The summed E-state index contributed by atoms with van der Waals surface area (Å²) in [4.78, 5) is 0. The molecule has 0 aliphatic carbocycles. The van der Waals surface area contributed by atoms with Crippen LogP contribution in [0.5, 0.6) is 5.75 Å². The molecular weight excluding hydrogens is 210 g/mol. The van der Waals surface area contributed by atoms with Gasteiger partial charge < -0.3 is 10.1 Å². The molecule has 1 fully saturated rings. The summed E-state index contributed by atoms with van der Waals surface area (Å²) in [5, 5.41) is 6.07. The molecule has 0 aromatic heterocycles. The van der Waals surface area contributed by atoms with E-state index in [0.29, 0.717) is 6.04 Å². The van der Waals surface area contributed by atoms with Crippen molar-refractivity contribution in [3.05, 3.63) is 42.0 Å². The Labute approximate surface area is 102 Å². The van der Waals surface area contributed by atoms with E-state index < -0.39 is 0 Å². The van der Waals surface area contributed by atoms with E-state index in [2.05, 4.69) is 35.6 Å². The minimum atomic E-state index is 0.543. The summed E-state index contributed by atoms with van der Waals surface area (Å²) >= 11 is 0. The fourth-order valence-corrected chi connectivity index (χ4v) is 2.56. The highest BCUT2D eigenvalue weighted by Crippen LogP contribution is 2.27. The van der Waals surface area contributed by atoms with Gasteiger partial charge in [0.05, 0.1) is 7.11 Å². The monoisotopic (exact) mass is 227 g/mol. The van der Waals surface area contributed by atoms with Gasteiger partial charge in [0, 0.05) is 6.04 Å². The van der Waals surface area contributed by atoms with E-state index in [0.717, 1.165) is 12.3 Å². The molecule has 3 rings (SSSR count). The molecule has 88 valence electrons. The molecule has 2 aromatic carbocycles. The molecule has 1 atom stereocenters. The van der Waals surface area contributed by atoms with E-state index >= 15 is 0 Å². The summed E-state index contributed by atoms with van der Waals surface area (Å²) in [5.74, 6) is 0.921. The van der Waals surface area contributed by atoms with E-state index in [1.165, 1.54) is 29.2 Å². The smallest absolute Gasteiger partial charge is 0.119 e. The van der Waals surface area contributed by atoms with Crippen molar-refractivity contribution in [2.75, 3.05) is 13.7 Å². The van der Waals surface area contributed by atoms with Crippen LogP contribution in [0.1, 0.15) is 24.4 Å². The highest BCUT2D eigenvalue weighted by Gasteiger charge is 2.15. The van der Waals surface area contributed by atoms with Crippen molar-refractivity contribution in [2.45, 2.75) is 18.9 Å². The van der Waals surface area contributed by atoms with Gasteiger partial charge in [-0.2, -0.15) is 0 Å². The Kier molecular flexibility index (Phi) is 2.73. The molecule has 1 heterocycles. The maximum absolute atomic E-state index is 5.24. The number of hydrogen-bond acceptors (Lipinski definition) is 2. The number of benzene rings is 2. The van der Waals surface area contributed by atoms with Crippen molar-refractivity contribution < 1.29 is 4.74 Å². The minimum Gasteiger partial charge on any atom is -0.497 e. The van der Waals surface area contributed by atoms with Gasteiger partial charge in [0.1, 0.15) is 5.75 Å². The normalized spacial score (nSPS) is 19.7. The number of fused-ring (bicyclic) bond motifs is 1. The summed E-state index contributed by atoms with van der Waals surface area (Å²) in [5.41, 5.74) is 1.40. The van der Waals surface area contributed by atoms with E-state index in [9.17, 15) is 0 Å². The molecule has 1 aliphatic heterocycles. The van der Waals surface area contributed by atoms with Crippen LogP contribution >= 0.6 is 0 Å². The SMILES string of the molecule is COc1ccc2cc([C@H]3CCCN3)ccc2c1. The summed E-state index contributed by atoms with van der Waals surface area (Å²) in [6.07, 6.45) is 2.53. The standard InChI is InChI=1S/C15H17NO/c1-17-14-7-6-11-9-13(5-4-12(11)10-14)15-3-2-8-16-15/h4-7,9-10,15-16H,2-3,8H2,1H3/t15-/m1/s1. The Hall–Kier alpha value is -1.54. The lowest BCUT2D eigenvalue weighted by Crippen LogP contribution is -2.12. The second-order valence-electron chi connectivity index (χ2n) is 4.62. The molecule has 0 saturated carbocycles. The quantitative estimate of drug-likeness (QED) is 0.850. The van der Waals surface area contributed by atoms with E-state index in [1.54, 1.807) is 7.11 Å². The molecule has 1 N–H and O–H groups in total. The van der Waals surface area contributed by atoms with Gasteiger partial charge in [0.25, 0.3) is 0 Å². The maximum atomic E-state index is 5.24. The van der Waals surface area contributed by atoms with Crippen LogP contribution in [0.4, 0.5) is 0 Å². The zero-order valence-electron chi connectivity index (χ0n) is 10.1. The number of hydrogen-bond donors (Lipinski definition) is 1. The molecule has 0 spiro atoms. The average Bonchev–Trinajstić information content (AvgIpc) is 2.91. The zero-order chi connectivity index (χ0) is 11.7. The maximum Gasteiger partial charge on any atom is 0.119 e. The van der Waals surface area contributed by atoms with Crippen LogP contribution in [0.3, 0.4) is 0 Å². The summed E-state index contributed by atoms with van der Waals surface area (Å²) in [6.45, 7) is 1.14. The molecule has 2 nitrogen and oxygen atoms in total. The van der Waals surface area contributed by atoms with Crippen molar-refractivity contribution in [1.82, 2.24) is 5.32 Å². The van der Waals surface area contributed by atoms with Gasteiger partial charge in [0.2, 0.25) is 0 Å². The lowest BCUT2D eigenvalue weighted by molar-refractivity contribution is 0.415. The molecule has 0 unspecified atom stereocenters. The van der Waals surface area contributed by atoms with Crippen LogP contribution in [0.25, 0.3) is 10.8 Å². The summed E-state index contributed by atoms with van der Waals surface area (Å²) in [6, 6.07) is 13.5. The van der Waals surface area contributed by atoms with E-state index in [1.807, 2.05) is 6.07 Å². The highest BCUT2D eigenvalue weighted by atomic mass is 16.5. The Morgan fingerprint density at radius 1 is 1.12 bits per heavy atom. The van der Waals surface area contributed by atoms with Crippen LogP contribution in [0, 0.1) is 0 Å². The minimum absolute atomic E-state index is 0.543. The molecule has 2 heteroatoms. The van der Waals surface area contributed by atoms with Crippen molar-refractivity contribution in [3.63, 3.8) is 0 Å². The highest BCUT2D eigenvalue weighted by molar-refractivity contribution is 5.84. The van der Waals surface area contributed by atoms with Crippen LogP contribution in [0.2, 0.25) is 0 Å². The number of methoxy groups -OCH3 is 1. The van der Waals surface area contributed by atoms with E-state index in [4.69, 9.17) is 4.74 Å². The third-order valence-corrected chi connectivity index (χ3v) is 3.53. The molecule has 0 radical (unpaired) electrons. The first-order valence-corrected chi connectivity index (χ1v) is 6.18. The molecule has 1 saturated heterocycles. The first-order chi connectivity index (χ1) is 8.36. The topological polar surface area (TPSA) is 21.3 Å². The second kappa shape index (κ2) is 4.38. The molecule has 17 heavy (non-hydrogen) atoms. The lowest BCUT2D eigenvalue weighted by Gasteiger charge is -2.11. The van der Waals surface area contributed by atoms with Gasteiger partial charge in [-0.15, -0.1) is 0 Å². The number of nitrogens with one attached hydrogen (secondary N) is 1. The zero-order valence-corrected chi connectivity index (χ0v) is 10.1. The molecule has 1 aliphatic rings. The van der Waals surface area contributed by atoms with Crippen molar-refractivity contribution in [1.29, 1.82) is 0 Å². The largest absolute Gasteiger partial charge is 0.497 e. The number of ether oxygens (including phenoxy) is 1. The van der Waals surface area contributed by atoms with Gasteiger partial charge >= 0.3 is 0 Å². The average molecular weight is 227 g/mol. The Bertz CT molecular complexity index is 529. The Morgan fingerprint density at radius 2 is 1.94 bits per heavy atom. The first-order valence-electron chi connectivity index (χ1n) is 6.18. The molecular formula is C15H17NO. The molecule has 0 bridgehead atoms. The lowest BCUT2D eigenvalue weighted by atomic mass is 10.0. The summed E-state index contributed by atoms with van der Waals surface area (Å²) in [7, 11) is 1.71. The van der Waals surface area contributed by atoms with Crippen LogP contribution in [-0.4, -0.2) is 13.7 Å². The predicted octanol–water partition coefficient (Wildman–Crippen LogP) is 3.27. The van der Waals surface area contributed by atoms with Crippen LogP contribution in [-0.2, 0) is 0 Å². The second-order valence-corrected chi connectivity index (χ2v) is 4.62. The van der Waals surface area contributed by atoms with Gasteiger partial charge in [0.15, 0.2) is 0 Å². The third kappa shape index (κ3) is 2.01. The third-order valence-electron chi connectivity index (χ3n) is 3.53. The van der Waals surface area contributed by atoms with Gasteiger partial charge in [-0.25, -0.2) is 0 Å². The Balaban J connectivity index is 2.01. The Morgan fingerprint density at radius 3 is 2.71 bits per heavy atom. The van der Waals surface area contributed by atoms with Crippen molar-refractivity contribution in [3.8, 4) is 5.75 Å². The number of rotatable bonds is 2. The van der Waals surface area contributed by atoms with Crippen molar-refractivity contribution >= 4 is 10.8 Å². The summed E-state index contributed by atoms with van der Waals surface area (Å²) < 4.78 is 5.24. The molecule has 0 amide bonds.